The summed E-state index contributed by atoms with van der Waals surface area (Å²) in [6.07, 6.45) is 0.571. The minimum Gasteiger partial charge on any atom is -0.497 e. The molecule has 4 heteroatoms. The summed E-state index contributed by atoms with van der Waals surface area (Å²) in [6, 6.07) is 16.0. The van der Waals surface area contributed by atoms with Crippen LogP contribution < -0.4 is 9.47 Å². The lowest BCUT2D eigenvalue weighted by atomic mass is 10.1. The molecule has 0 heterocycles. The van der Waals surface area contributed by atoms with Crippen LogP contribution in [0, 0.1) is 12.8 Å². The number of aliphatic hydroxyl groups excluding tert-OH is 1. The van der Waals surface area contributed by atoms with Gasteiger partial charge in [-0.1, -0.05) is 43.7 Å². The zero-order chi connectivity index (χ0) is 19.6. The van der Waals surface area contributed by atoms with Crippen LogP contribution in [-0.4, -0.2) is 42.9 Å². The third kappa shape index (κ3) is 8.02. The molecule has 0 bridgehead atoms. The Kier molecular flexibility index (Phi) is 8.62. The number of methoxy groups -OCH3 is 1. The standard InChI is InChI=1S/C23H33NO3/c1-18(2)12-13-24(15-20-7-5-6-19(3)14-20)16-21(25)17-27-23-10-8-22(26-4)9-11-23/h5-11,14,18,21,25H,12-13,15-17H2,1-4H3/t21-/m0/s1. The Balaban J connectivity index is 1.89. The van der Waals surface area contributed by atoms with Gasteiger partial charge in [-0.3, -0.25) is 4.90 Å². The molecule has 2 aromatic carbocycles. The van der Waals surface area contributed by atoms with Gasteiger partial charge in [-0.25, -0.2) is 0 Å². The highest BCUT2D eigenvalue weighted by atomic mass is 16.5. The van der Waals surface area contributed by atoms with Crippen LogP contribution in [0.25, 0.3) is 0 Å². The second-order valence-corrected chi connectivity index (χ2v) is 7.55. The summed E-state index contributed by atoms with van der Waals surface area (Å²) in [5.41, 5.74) is 2.54. The van der Waals surface area contributed by atoms with Crippen molar-refractivity contribution in [1.82, 2.24) is 4.90 Å². The summed E-state index contributed by atoms with van der Waals surface area (Å²) < 4.78 is 10.9. The van der Waals surface area contributed by atoms with E-state index in [9.17, 15) is 5.11 Å². The van der Waals surface area contributed by atoms with E-state index in [2.05, 4.69) is 49.9 Å². The molecule has 0 fully saturated rings. The zero-order valence-electron chi connectivity index (χ0n) is 17.0. The molecule has 0 radical (unpaired) electrons. The van der Waals surface area contributed by atoms with Crippen LogP contribution in [0.3, 0.4) is 0 Å². The molecule has 0 unspecified atom stereocenters. The van der Waals surface area contributed by atoms with Crippen molar-refractivity contribution < 1.29 is 14.6 Å². The zero-order valence-corrected chi connectivity index (χ0v) is 17.0. The van der Waals surface area contributed by atoms with Crippen molar-refractivity contribution in [3.8, 4) is 11.5 Å². The van der Waals surface area contributed by atoms with E-state index in [-0.39, 0.29) is 6.61 Å². The van der Waals surface area contributed by atoms with E-state index < -0.39 is 6.10 Å². The summed E-state index contributed by atoms with van der Waals surface area (Å²) in [6.45, 7) is 9.25. The van der Waals surface area contributed by atoms with Crippen molar-refractivity contribution in [2.24, 2.45) is 5.92 Å². The van der Waals surface area contributed by atoms with Gasteiger partial charge in [0.25, 0.3) is 0 Å². The van der Waals surface area contributed by atoms with Gasteiger partial charge in [-0.15, -0.1) is 0 Å². The average Bonchev–Trinajstić information content (AvgIpc) is 2.65. The summed E-state index contributed by atoms with van der Waals surface area (Å²) in [5, 5.41) is 10.5. The van der Waals surface area contributed by atoms with Crippen molar-refractivity contribution in [1.29, 1.82) is 0 Å². The van der Waals surface area contributed by atoms with Gasteiger partial charge in [0.05, 0.1) is 7.11 Å². The largest absolute Gasteiger partial charge is 0.497 e. The van der Waals surface area contributed by atoms with Crippen LogP contribution in [0.4, 0.5) is 0 Å². The Morgan fingerprint density at radius 3 is 2.37 bits per heavy atom. The number of nitrogens with zero attached hydrogens (tertiary/aromatic N) is 1. The number of benzene rings is 2. The molecule has 148 valence electrons. The van der Waals surface area contributed by atoms with Crippen LogP contribution in [-0.2, 0) is 6.54 Å². The molecule has 0 saturated heterocycles. The van der Waals surface area contributed by atoms with Gasteiger partial charge >= 0.3 is 0 Å². The fourth-order valence-corrected chi connectivity index (χ4v) is 2.96. The SMILES string of the molecule is COc1ccc(OC[C@@H](O)CN(CCC(C)C)Cc2cccc(C)c2)cc1. The van der Waals surface area contributed by atoms with E-state index >= 15 is 0 Å². The van der Waals surface area contributed by atoms with Gasteiger partial charge < -0.3 is 14.6 Å². The molecular weight excluding hydrogens is 338 g/mol. The van der Waals surface area contributed by atoms with Crippen molar-refractivity contribution in [2.45, 2.75) is 39.8 Å². The van der Waals surface area contributed by atoms with Gasteiger partial charge in [0.15, 0.2) is 0 Å². The number of aliphatic hydroxyl groups is 1. The number of ether oxygens (including phenoxy) is 2. The van der Waals surface area contributed by atoms with Gasteiger partial charge in [0.1, 0.15) is 24.2 Å². The minimum atomic E-state index is -0.538. The van der Waals surface area contributed by atoms with Crippen LogP contribution in [0.2, 0.25) is 0 Å². The first-order valence-corrected chi connectivity index (χ1v) is 9.69. The third-order valence-corrected chi connectivity index (χ3v) is 4.48. The molecule has 0 amide bonds. The topological polar surface area (TPSA) is 41.9 Å². The normalized spacial score (nSPS) is 12.4. The second-order valence-electron chi connectivity index (χ2n) is 7.55. The van der Waals surface area contributed by atoms with E-state index in [1.807, 2.05) is 24.3 Å². The highest BCUT2D eigenvalue weighted by Crippen LogP contribution is 2.17. The Morgan fingerprint density at radius 2 is 1.74 bits per heavy atom. The van der Waals surface area contributed by atoms with Gasteiger partial charge in [-0.2, -0.15) is 0 Å². The Morgan fingerprint density at radius 1 is 1.04 bits per heavy atom. The maximum absolute atomic E-state index is 10.5. The van der Waals surface area contributed by atoms with Crippen molar-refractivity contribution >= 4 is 0 Å². The molecule has 1 atom stereocenters. The second kappa shape index (κ2) is 11.0. The predicted octanol–water partition coefficient (Wildman–Crippen LogP) is 4.29. The summed E-state index contributed by atoms with van der Waals surface area (Å²) in [5.74, 6) is 2.17. The molecule has 0 saturated carbocycles. The lowest BCUT2D eigenvalue weighted by Crippen LogP contribution is -2.36. The summed E-state index contributed by atoms with van der Waals surface area (Å²) >= 11 is 0. The first-order valence-electron chi connectivity index (χ1n) is 9.69. The number of hydrogen-bond donors (Lipinski definition) is 1. The maximum atomic E-state index is 10.5. The molecule has 0 aromatic heterocycles. The Labute approximate surface area is 163 Å². The number of rotatable bonds is 11. The van der Waals surface area contributed by atoms with Crippen molar-refractivity contribution in [3.05, 3.63) is 59.7 Å². The van der Waals surface area contributed by atoms with E-state index in [0.29, 0.717) is 12.5 Å². The van der Waals surface area contributed by atoms with Gasteiger partial charge in [0.2, 0.25) is 0 Å². The third-order valence-electron chi connectivity index (χ3n) is 4.48. The molecule has 2 rings (SSSR count). The lowest BCUT2D eigenvalue weighted by Gasteiger charge is -2.26. The average molecular weight is 372 g/mol. The molecule has 4 nitrogen and oxygen atoms in total. The maximum Gasteiger partial charge on any atom is 0.119 e. The first-order chi connectivity index (χ1) is 13.0. The molecule has 0 aliphatic rings. The number of hydrogen-bond acceptors (Lipinski definition) is 4. The molecule has 27 heavy (non-hydrogen) atoms. The van der Waals surface area contributed by atoms with E-state index in [1.165, 1.54) is 11.1 Å². The predicted molar refractivity (Wildman–Crippen MR) is 110 cm³/mol. The lowest BCUT2D eigenvalue weighted by molar-refractivity contribution is 0.0639. The molecule has 0 aliphatic carbocycles. The smallest absolute Gasteiger partial charge is 0.119 e. The highest BCUT2D eigenvalue weighted by molar-refractivity contribution is 5.31. The molecule has 1 N–H and O–H groups in total. The van der Waals surface area contributed by atoms with E-state index in [4.69, 9.17) is 9.47 Å². The van der Waals surface area contributed by atoms with Crippen molar-refractivity contribution in [2.75, 3.05) is 26.8 Å². The van der Waals surface area contributed by atoms with Gasteiger partial charge in [0, 0.05) is 13.1 Å². The molecular formula is C23H33NO3. The molecule has 0 spiro atoms. The van der Waals surface area contributed by atoms with Crippen LogP contribution >= 0.6 is 0 Å². The fraction of sp³-hybridized carbons (Fsp3) is 0.478. The molecule has 0 aliphatic heterocycles. The van der Waals surface area contributed by atoms with Crippen LogP contribution in [0.15, 0.2) is 48.5 Å². The van der Waals surface area contributed by atoms with E-state index in [0.717, 1.165) is 31.0 Å². The van der Waals surface area contributed by atoms with Crippen LogP contribution in [0.5, 0.6) is 11.5 Å². The Hall–Kier alpha value is -2.04. The summed E-state index contributed by atoms with van der Waals surface area (Å²) in [4.78, 5) is 2.32. The Bertz CT molecular complexity index is 670. The fourth-order valence-electron chi connectivity index (χ4n) is 2.96. The highest BCUT2D eigenvalue weighted by Gasteiger charge is 2.14. The van der Waals surface area contributed by atoms with Crippen LogP contribution in [0.1, 0.15) is 31.4 Å². The quantitative estimate of drug-likeness (QED) is 0.640. The summed E-state index contributed by atoms with van der Waals surface area (Å²) in [7, 11) is 1.64. The monoisotopic (exact) mass is 371 g/mol. The van der Waals surface area contributed by atoms with E-state index in [1.54, 1.807) is 7.11 Å². The minimum absolute atomic E-state index is 0.276. The number of aryl methyl sites for hydroxylation is 1. The van der Waals surface area contributed by atoms with Crippen molar-refractivity contribution in [3.63, 3.8) is 0 Å². The molecule has 2 aromatic rings. The first kappa shape index (κ1) is 21.3. The van der Waals surface area contributed by atoms with Gasteiger partial charge in [-0.05, 0) is 55.6 Å².